The summed E-state index contributed by atoms with van der Waals surface area (Å²) < 4.78 is 33.3. The maximum absolute atomic E-state index is 11.7. The second kappa shape index (κ2) is 11.1. The molecule has 0 aromatic carbocycles. The van der Waals surface area contributed by atoms with E-state index in [1.165, 1.54) is 20.4 Å². The van der Waals surface area contributed by atoms with E-state index in [9.17, 15) is 13.9 Å². The Morgan fingerprint density at radius 2 is 1.39 bits per heavy atom. The zero-order valence-corrected chi connectivity index (χ0v) is 17.7. The molecule has 0 aliphatic rings. The number of methoxy groups -OCH3 is 2. The third-order valence-corrected chi connectivity index (χ3v) is 6.12. The van der Waals surface area contributed by atoms with Gasteiger partial charge in [-0.2, -0.15) is 4.98 Å². The Labute approximate surface area is 167 Å². The van der Waals surface area contributed by atoms with Gasteiger partial charge in [-0.3, -0.25) is 4.98 Å². The van der Waals surface area contributed by atoms with E-state index in [0.29, 0.717) is 22.3 Å². The maximum Gasteiger partial charge on any atom is 0.347 e. The minimum atomic E-state index is -2.45. The fourth-order valence-electron chi connectivity index (χ4n) is 1.87. The van der Waals surface area contributed by atoms with Gasteiger partial charge in [0.1, 0.15) is 20.1 Å². The highest BCUT2D eigenvalue weighted by Crippen LogP contribution is 2.37. The van der Waals surface area contributed by atoms with Crippen molar-refractivity contribution in [1.29, 1.82) is 0 Å². The van der Waals surface area contributed by atoms with Gasteiger partial charge in [0.05, 0.1) is 24.8 Å². The highest BCUT2D eigenvalue weighted by Gasteiger charge is 2.19. The smallest absolute Gasteiger partial charge is 0.347 e. The van der Waals surface area contributed by atoms with Crippen LogP contribution in [-0.4, -0.2) is 60.8 Å². The number of ether oxygens (including phenoxy) is 2. The molecule has 2 aromatic heterocycles. The molecule has 0 amide bonds. The minimum Gasteiger partial charge on any atom is -0.482 e. The summed E-state index contributed by atoms with van der Waals surface area (Å²) in [6.45, 7) is 8.28. The van der Waals surface area contributed by atoms with E-state index in [-0.39, 0.29) is 20.7 Å². The first-order chi connectivity index (χ1) is 11.9. The first-order valence-corrected chi connectivity index (χ1v) is 12.7. The molecule has 0 fully saturated rings. The van der Waals surface area contributed by atoms with Crippen molar-refractivity contribution in [3.8, 4) is 11.8 Å². The minimum absolute atomic E-state index is 0. The molecule has 1 N–H and O–H groups in total. The van der Waals surface area contributed by atoms with Crippen molar-refractivity contribution in [2.45, 2.75) is 21.8 Å². The van der Waals surface area contributed by atoms with Gasteiger partial charge in [0.15, 0.2) is 0 Å². The summed E-state index contributed by atoms with van der Waals surface area (Å²) in [5.74, 6) is 1.27. The lowest BCUT2D eigenvalue weighted by molar-refractivity contribution is 0.398. The van der Waals surface area contributed by atoms with Crippen LogP contribution >= 0.6 is 14.3 Å². The normalized spacial score (nSPS) is 10.5. The predicted octanol–water partition coefficient (Wildman–Crippen LogP) is 2.34. The van der Waals surface area contributed by atoms with Gasteiger partial charge in [0.2, 0.25) is 11.8 Å². The molecule has 0 atom stereocenters. The molecule has 0 unspecified atom stereocenters. The first-order valence-electron chi connectivity index (χ1n) is 7.52. The third-order valence-electron chi connectivity index (χ3n) is 3.17. The van der Waals surface area contributed by atoms with Gasteiger partial charge in [-0.15, -0.1) is 0 Å². The summed E-state index contributed by atoms with van der Waals surface area (Å²) in [5.41, 5.74) is -0.506. The molecule has 0 spiro atoms. The standard InChI is InChI=1S/C8H13N2O2P.C7H11N2O3P.2CH4/c1-6-9-5-7(13(3,4)11)8(10-6)12-2;1-12-6-5(13(2,3)11)4-8-7(10)9-6;;/h5H,1-4H3;4H,1-3H3,(H,8,9,10);2*1H4. The summed E-state index contributed by atoms with van der Waals surface area (Å²) in [4.78, 5) is 24.7. The van der Waals surface area contributed by atoms with E-state index in [1.54, 1.807) is 39.8 Å². The molecule has 0 aliphatic heterocycles. The van der Waals surface area contributed by atoms with Crippen molar-refractivity contribution in [2.24, 2.45) is 0 Å². The molecular formula is C17H32N4O5P2. The highest BCUT2D eigenvalue weighted by molar-refractivity contribution is 7.70. The number of hydrogen-bond donors (Lipinski definition) is 1. The number of aromatic amines is 1. The molecule has 2 heterocycles. The van der Waals surface area contributed by atoms with Crippen LogP contribution in [0.15, 0.2) is 17.2 Å². The lowest BCUT2D eigenvalue weighted by Crippen LogP contribution is -2.19. The van der Waals surface area contributed by atoms with Crippen LogP contribution in [0.5, 0.6) is 11.8 Å². The van der Waals surface area contributed by atoms with E-state index in [0.717, 1.165) is 0 Å². The van der Waals surface area contributed by atoms with Crippen LogP contribution in [0.25, 0.3) is 0 Å². The Hall–Kier alpha value is -1.98. The first kappa shape index (κ1) is 28.2. The molecule has 2 aromatic rings. The zero-order chi connectivity index (χ0) is 20.1. The van der Waals surface area contributed by atoms with Crippen molar-refractivity contribution in [3.63, 3.8) is 0 Å². The molecule has 0 bridgehead atoms. The number of aromatic nitrogens is 4. The number of rotatable bonds is 4. The van der Waals surface area contributed by atoms with Crippen LogP contribution in [-0.2, 0) is 9.13 Å². The Balaban J connectivity index is 0. The number of H-pyrrole nitrogens is 1. The van der Waals surface area contributed by atoms with Gasteiger partial charge in [-0.05, 0) is 33.6 Å². The van der Waals surface area contributed by atoms with Gasteiger partial charge in [0.25, 0.3) is 0 Å². The molecular weight excluding hydrogens is 402 g/mol. The Morgan fingerprint density at radius 1 is 0.893 bits per heavy atom. The lowest BCUT2D eigenvalue weighted by Gasteiger charge is -2.10. The molecule has 0 aliphatic carbocycles. The van der Waals surface area contributed by atoms with Crippen LogP contribution in [0, 0.1) is 6.92 Å². The van der Waals surface area contributed by atoms with E-state index in [4.69, 9.17) is 9.47 Å². The average molecular weight is 434 g/mol. The van der Waals surface area contributed by atoms with Crippen LogP contribution in [0.3, 0.4) is 0 Å². The van der Waals surface area contributed by atoms with Gasteiger partial charge >= 0.3 is 5.69 Å². The molecule has 28 heavy (non-hydrogen) atoms. The lowest BCUT2D eigenvalue weighted by atomic mass is 10.6. The van der Waals surface area contributed by atoms with Gasteiger partial charge in [-0.1, -0.05) is 14.9 Å². The number of nitrogens with zero attached hydrogens (tertiary/aromatic N) is 3. The van der Waals surface area contributed by atoms with E-state index < -0.39 is 20.0 Å². The van der Waals surface area contributed by atoms with E-state index >= 15 is 0 Å². The highest BCUT2D eigenvalue weighted by atomic mass is 31.2. The summed E-state index contributed by atoms with van der Waals surface area (Å²) in [6, 6.07) is 0. The van der Waals surface area contributed by atoms with Gasteiger partial charge in [-0.25, -0.2) is 14.8 Å². The SMILES string of the molecule is C.C.COc1[nH]c(=O)ncc1P(C)(C)=O.COc1nc(C)ncc1P(C)(C)=O. The fourth-order valence-corrected chi connectivity index (χ4v) is 3.78. The fraction of sp³-hybridized carbons (Fsp3) is 0.529. The monoisotopic (exact) mass is 434 g/mol. The van der Waals surface area contributed by atoms with Crippen LogP contribution in [0.4, 0.5) is 0 Å². The molecule has 9 nitrogen and oxygen atoms in total. The third kappa shape index (κ3) is 7.95. The summed E-state index contributed by atoms with van der Waals surface area (Å²) in [6.07, 6.45) is 2.86. The second-order valence-corrected chi connectivity index (χ2v) is 12.5. The molecule has 160 valence electrons. The van der Waals surface area contributed by atoms with Gasteiger partial charge < -0.3 is 18.6 Å². The largest absolute Gasteiger partial charge is 0.482 e. The number of aryl methyl sites for hydroxylation is 1. The zero-order valence-electron chi connectivity index (χ0n) is 15.9. The van der Waals surface area contributed by atoms with Gasteiger partial charge in [0, 0.05) is 12.4 Å². The number of nitrogens with one attached hydrogen (secondary N) is 1. The Morgan fingerprint density at radius 3 is 1.82 bits per heavy atom. The van der Waals surface area contributed by atoms with Crippen molar-refractivity contribution in [3.05, 3.63) is 28.7 Å². The molecule has 0 saturated carbocycles. The van der Waals surface area contributed by atoms with Crippen molar-refractivity contribution in [2.75, 3.05) is 40.9 Å². The topological polar surface area (TPSA) is 124 Å². The van der Waals surface area contributed by atoms with Crippen molar-refractivity contribution >= 4 is 24.9 Å². The van der Waals surface area contributed by atoms with E-state index in [2.05, 4.69) is 19.9 Å². The van der Waals surface area contributed by atoms with Crippen LogP contribution in [0.1, 0.15) is 20.7 Å². The van der Waals surface area contributed by atoms with Crippen LogP contribution < -0.4 is 25.8 Å². The Kier molecular flexibility index (Phi) is 11.2. The summed E-state index contributed by atoms with van der Waals surface area (Å²) in [5, 5.41) is 1.05. The maximum atomic E-state index is 11.7. The van der Waals surface area contributed by atoms with Crippen molar-refractivity contribution in [1.82, 2.24) is 19.9 Å². The molecule has 2 rings (SSSR count). The molecule has 0 radical (unpaired) electrons. The summed E-state index contributed by atoms with van der Waals surface area (Å²) >= 11 is 0. The molecule has 11 heteroatoms. The predicted molar refractivity (Wildman–Crippen MR) is 116 cm³/mol. The molecule has 0 saturated heterocycles. The second-order valence-electron chi connectivity index (χ2n) is 6.12. The Bertz CT molecular complexity index is 918. The number of hydrogen-bond acceptors (Lipinski definition) is 8. The van der Waals surface area contributed by atoms with Crippen molar-refractivity contribution < 1.29 is 18.6 Å². The van der Waals surface area contributed by atoms with Crippen LogP contribution in [0.2, 0.25) is 0 Å². The summed E-state index contributed by atoms with van der Waals surface area (Å²) in [7, 11) is -1.87. The van der Waals surface area contributed by atoms with E-state index in [1.807, 2.05) is 0 Å². The quantitative estimate of drug-likeness (QED) is 0.727. The average Bonchev–Trinajstić information content (AvgIpc) is 2.52.